The molecule has 3 rings (SSSR count). The van der Waals surface area contributed by atoms with Gasteiger partial charge in [-0.05, 0) is 36.6 Å². The molecule has 7 heteroatoms. The average Bonchev–Trinajstić information content (AvgIpc) is 2.77. The van der Waals surface area contributed by atoms with Crippen LogP contribution in [-0.2, 0) is 4.79 Å². The van der Waals surface area contributed by atoms with Crippen LogP contribution in [0.4, 0.5) is 5.69 Å². The van der Waals surface area contributed by atoms with E-state index in [0.717, 1.165) is 29.7 Å². The molecule has 0 radical (unpaired) electrons. The lowest BCUT2D eigenvalue weighted by molar-refractivity contribution is -0.126. The Hall–Kier alpha value is -2.93. The number of nitrogens with two attached hydrogens (primary N) is 1. The molecule has 3 N–H and O–H groups in total. The largest absolute Gasteiger partial charge is 0.378 e. The number of nitrogens with zero attached hydrogens (tertiary/aromatic N) is 3. The summed E-state index contributed by atoms with van der Waals surface area (Å²) < 4.78 is 0. The number of amides is 2. The number of carbonyl (C=O) groups is 2. The van der Waals surface area contributed by atoms with Crippen molar-refractivity contribution in [1.29, 1.82) is 0 Å². The predicted octanol–water partition coefficient (Wildman–Crippen LogP) is 1.74. The minimum absolute atomic E-state index is 0.0270. The molecule has 0 aliphatic carbocycles. The van der Waals surface area contributed by atoms with Crippen molar-refractivity contribution in [3.8, 4) is 11.1 Å². The molecule has 0 saturated carbocycles. The summed E-state index contributed by atoms with van der Waals surface area (Å²) in [4.78, 5) is 33.4. The van der Waals surface area contributed by atoms with Crippen LogP contribution in [0.25, 0.3) is 11.1 Å². The van der Waals surface area contributed by atoms with Crippen molar-refractivity contribution in [3.05, 3.63) is 48.3 Å². The van der Waals surface area contributed by atoms with Gasteiger partial charge in [-0.3, -0.25) is 14.6 Å². The standard InChI is InChI=1S/C22H29N5O2/c1-26(2)20-7-5-16(6-8-20)18-12-19(14-24-13-18)22(29)27-11-3-4-17(15-27)21(28)25-10-9-23/h5-8,12-14,17H,3-4,9-11,15,23H2,1-2H3,(H,25,28). The van der Waals surface area contributed by atoms with Crippen molar-refractivity contribution in [1.82, 2.24) is 15.2 Å². The molecule has 2 amide bonds. The van der Waals surface area contributed by atoms with E-state index < -0.39 is 0 Å². The zero-order valence-electron chi connectivity index (χ0n) is 17.1. The smallest absolute Gasteiger partial charge is 0.255 e. The van der Waals surface area contributed by atoms with Crippen LogP contribution in [0.1, 0.15) is 23.2 Å². The number of rotatable bonds is 6. The number of piperidine rings is 1. The predicted molar refractivity (Wildman–Crippen MR) is 115 cm³/mol. The van der Waals surface area contributed by atoms with Gasteiger partial charge in [-0.25, -0.2) is 0 Å². The lowest BCUT2D eigenvalue weighted by atomic mass is 9.96. The fraction of sp³-hybridized carbons (Fsp3) is 0.409. The van der Waals surface area contributed by atoms with Crippen LogP contribution in [0.5, 0.6) is 0 Å². The Kier molecular flexibility index (Phi) is 6.82. The van der Waals surface area contributed by atoms with Crippen LogP contribution in [0.3, 0.4) is 0 Å². The highest BCUT2D eigenvalue weighted by atomic mass is 16.2. The van der Waals surface area contributed by atoms with E-state index in [1.165, 1.54) is 0 Å². The molecule has 1 unspecified atom stereocenters. The molecule has 1 aliphatic heterocycles. The SMILES string of the molecule is CN(C)c1ccc(-c2cncc(C(=O)N3CCCC(C(=O)NCCN)C3)c2)cc1. The van der Waals surface area contributed by atoms with Crippen molar-refractivity contribution >= 4 is 17.5 Å². The highest BCUT2D eigenvalue weighted by molar-refractivity contribution is 5.95. The number of hydrogen-bond donors (Lipinski definition) is 2. The molecule has 0 bridgehead atoms. The second kappa shape index (κ2) is 9.52. The van der Waals surface area contributed by atoms with E-state index in [1.807, 2.05) is 49.3 Å². The summed E-state index contributed by atoms with van der Waals surface area (Å²) >= 11 is 0. The van der Waals surface area contributed by atoms with Crippen LogP contribution in [0.15, 0.2) is 42.7 Å². The van der Waals surface area contributed by atoms with Gasteiger partial charge in [0.1, 0.15) is 0 Å². The summed E-state index contributed by atoms with van der Waals surface area (Å²) in [6, 6.07) is 10.0. The van der Waals surface area contributed by atoms with Gasteiger partial charge in [0.05, 0.1) is 11.5 Å². The Morgan fingerprint density at radius 2 is 1.97 bits per heavy atom. The lowest BCUT2D eigenvalue weighted by Gasteiger charge is -2.32. The van der Waals surface area contributed by atoms with Crippen LogP contribution < -0.4 is 16.0 Å². The van der Waals surface area contributed by atoms with E-state index in [9.17, 15) is 9.59 Å². The van der Waals surface area contributed by atoms with Crippen molar-refractivity contribution in [2.24, 2.45) is 11.7 Å². The molecule has 0 spiro atoms. The van der Waals surface area contributed by atoms with E-state index >= 15 is 0 Å². The van der Waals surface area contributed by atoms with Crippen LogP contribution >= 0.6 is 0 Å². The van der Waals surface area contributed by atoms with Gasteiger partial charge in [0.25, 0.3) is 5.91 Å². The summed E-state index contributed by atoms with van der Waals surface area (Å²) in [6.45, 7) is 1.95. The molecule has 1 aromatic heterocycles. The van der Waals surface area contributed by atoms with Crippen molar-refractivity contribution in [2.45, 2.75) is 12.8 Å². The zero-order valence-corrected chi connectivity index (χ0v) is 17.1. The van der Waals surface area contributed by atoms with Gasteiger partial charge in [-0.2, -0.15) is 0 Å². The normalized spacial score (nSPS) is 16.4. The Bertz CT molecular complexity index is 851. The van der Waals surface area contributed by atoms with Crippen molar-refractivity contribution in [2.75, 3.05) is 45.2 Å². The highest BCUT2D eigenvalue weighted by Crippen LogP contribution is 2.24. The first-order chi connectivity index (χ1) is 14.0. The summed E-state index contributed by atoms with van der Waals surface area (Å²) in [5.41, 5.74) is 9.02. The maximum absolute atomic E-state index is 13.0. The van der Waals surface area contributed by atoms with Crippen LogP contribution in [0, 0.1) is 5.92 Å². The molecule has 1 fully saturated rings. The molecule has 29 heavy (non-hydrogen) atoms. The summed E-state index contributed by atoms with van der Waals surface area (Å²) in [5, 5.41) is 2.83. The van der Waals surface area contributed by atoms with Gasteiger partial charge in [-0.1, -0.05) is 12.1 Å². The van der Waals surface area contributed by atoms with Crippen molar-refractivity contribution < 1.29 is 9.59 Å². The molecule has 7 nitrogen and oxygen atoms in total. The number of carbonyl (C=O) groups excluding carboxylic acids is 2. The number of aromatic nitrogens is 1. The third-order valence-electron chi connectivity index (χ3n) is 5.23. The van der Waals surface area contributed by atoms with Gasteiger partial charge >= 0.3 is 0 Å². The topological polar surface area (TPSA) is 91.6 Å². The molecular formula is C22H29N5O2. The van der Waals surface area contributed by atoms with E-state index in [2.05, 4.69) is 10.3 Å². The zero-order chi connectivity index (χ0) is 20.8. The first kappa shape index (κ1) is 20.8. The van der Waals surface area contributed by atoms with Gasteiger partial charge in [0.2, 0.25) is 5.91 Å². The van der Waals surface area contributed by atoms with E-state index in [4.69, 9.17) is 5.73 Å². The molecule has 1 aromatic carbocycles. The highest BCUT2D eigenvalue weighted by Gasteiger charge is 2.29. The third-order valence-corrected chi connectivity index (χ3v) is 5.23. The molecule has 1 aliphatic rings. The van der Waals surface area contributed by atoms with Crippen LogP contribution in [-0.4, -0.2) is 62.0 Å². The summed E-state index contributed by atoms with van der Waals surface area (Å²) in [5.74, 6) is -0.296. The summed E-state index contributed by atoms with van der Waals surface area (Å²) in [6.07, 6.45) is 4.96. The number of hydrogen-bond acceptors (Lipinski definition) is 5. The van der Waals surface area contributed by atoms with Gasteiger partial charge in [0.15, 0.2) is 0 Å². The molecule has 2 heterocycles. The quantitative estimate of drug-likeness (QED) is 0.777. The number of nitrogens with one attached hydrogen (secondary N) is 1. The Morgan fingerprint density at radius 3 is 2.66 bits per heavy atom. The number of benzene rings is 1. The summed E-state index contributed by atoms with van der Waals surface area (Å²) in [7, 11) is 4.00. The molecule has 2 aromatic rings. The Labute approximate surface area is 171 Å². The maximum atomic E-state index is 13.0. The van der Waals surface area contributed by atoms with Crippen molar-refractivity contribution in [3.63, 3.8) is 0 Å². The molecule has 1 atom stereocenters. The number of pyridine rings is 1. The lowest BCUT2D eigenvalue weighted by Crippen LogP contribution is -2.46. The fourth-order valence-corrected chi connectivity index (χ4v) is 3.56. The Morgan fingerprint density at radius 1 is 1.21 bits per heavy atom. The monoisotopic (exact) mass is 395 g/mol. The minimum Gasteiger partial charge on any atom is -0.378 e. The molecule has 154 valence electrons. The van der Waals surface area contributed by atoms with E-state index in [0.29, 0.717) is 31.7 Å². The first-order valence-corrected chi connectivity index (χ1v) is 9.99. The number of anilines is 1. The second-order valence-electron chi connectivity index (χ2n) is 7.57. The molecule has 1 saturated heterocycles. The average molecular weight is 396 g/mol. The minimum atomic E-state index is -0.186. The van der Waals surface area contributed by atoms with Gasteiger partial charge in [0, 0.05) is 63.9 Å². The molecular weight excluding hydrogens is 366 g/mol. The fourth-order valence-electron chi connectivity index (χ4n) is 3.56. The second-order valence-corrected chi connectivity index (χ2v) is 7.57. The number of likely N-dealkylation sites (tertiary alicyclic amines) is 1. The van der Waals surface area contributed by atoms with Gasteiger partial charge in [-0.15, -0.1) is 0 Å². The van der Waals surface area contributed by atoms with Gasteiger partial charge < -0.3 is 20.9 Å². The van der Waals surface area contributed by atoms with E-state index in [1.54, 1.807) is 17.3 Å². The maximum Gasteiger partial charge on any atom is 0.255 e. The van der Waals surface area contributed by atoms with Crippen LogP contribution in [0.2, 0.25) is 0 Å². The Balaban J connectivity index is 1.72. The van der Waals surface area contributed by atoms with E-state index in [-0.39, 0.29) is 17.7 Å². The first-order valence-electron chi connectivity index (χ1n) is 9.99. The third kappa shape index (κ3) is 5.12.